The van der Waals surface area contributed by atoms with Gasteiger partial charge in [-0.2, -0.15) is 0 Å². The summed E-state index contributed by atoms with van der Waals surface area (Å²) < 4.78 is 0. The van der Waals surface area contributed by atoms with Crippen molar-refractivity contribution in [1.29, 1.82) is 0 Å². The number of nitrogens with zero attached hydrogens (tertiary/aromatic N) is 2. The van der Waals surface area contributed by atoms with Gasteiger partial charge in [0.2, 0.25) is 0 Å². The highest BCUT2D eigenvalue weighted by atomic mass is 32.1. The molecule has 4 rings (SSSR count). The molecule has 124 valence electrons. The van der Waals surface area contributed by atoms with Gasteiger partial charge >= 0.3 is 0 Å². The second-order valence-corrected chi connectivity index (χ2v) is 7.62. The monoisotopic (exact) mass is 329 g/mol. The normalized spacial score (nSPS) is 25.6. The summed E-state index contributed by atoms with van der Waals surface area (Å²) >= 11 is 5.74. The Labute approximate surface area is 145 Å². The summed E-state index contributed by atoms with van der Waals surface area (Å²) in [4.78, 5) is 5.05. The maximum atomic E-state index is 5.74. The molecule has 1 aliphatic carbocycles. The Balaban J connectivity index is 1.43. The molecule has 1 aromatic carbocycles. The van der Waals surface area contributed by atoms with Crippen LogP contribution in [0.5, 0.6) is 0 Å². The Bertz CT molecular complexity index is 567. The molecule has 2 fully saturated rings. The summed E-state index contributed by atoms with van der Waals surface area (Å²) in [5.41, 5.74) is 3.05. The third kappa shape index (κ3) is 3.24. The van der Waals surface area contributed by atoms with Crippen LogP contribution >= 0.6 is 12.2 Å². The Morgan fingerprint density at radius 3 is 2.74 bits per heavy atom. The number of nitrogens with one attached hydrogen (secondary N) is 1. The summed E-state index contributed by atoms with van der Waals surface area (Å²) in [6.07, 6.45) is 7.85. The van der Waals surface area contributed by atoms with Gasteiger partial charge in [-0.1, -0.05) is 43.5 Å². The van der Waals surface area contributed by atoms with E-state index in [1.54, 1.807) is 0 Å². The molecule has 0 amide bonds. The molecule has 1 saturated heterocycles. The minimum absolute atomic E-state index is 0.514. The standard InChI is InChI=1S/C19H27N3S/c23-19(20-16-7-2-1-3-8-16)22-13-12-21-11-10-15-6-4-5-9-17(15)18(21)14-22/h4-6,9,16,18H,1-3,7-8,10-14H2,(H,20,23). The molecule has 0 aromatic heterocycles. The quantitative estimate of drug-likeness (QED) is 0.798. The van der Waals surface area contributed by atoms with E-state index in [1.165, 1.54) is 56.2 Å². The maximum Gasteiger partial charge on any atom is 0.169 e. The van der Waals surface area contributed by atoms with Crippen LogP contribution < -0.4 is 5.32 Å². The summed E-state index contributed by atoms with van der Waals surface area (Å²) in [6.45, 7) is 4.43. The van der Waals surface area contributed by atoms with Crippen LogP contribution in [0.3, 0.4) is 0 Å². The molecular weight excluding hydrogens is 302 g/mol. The third-order valence-corrected chi connectivity index (χ3v) is 6.17. The molecule has 4 heteroatoms. The topological polar surface area (TPSA) is 18.5 Å². The number of benzene rings is 1. The van der Waals surface area contributed by atoms with Gasteiger partial charge in [0.05, 0.1) is 6.04 Å². The molecule has 0 bridgehead atoms. The van der Waals surface area contributed by atoms with Crippen LogP contribution in [0, 0.1) is 0 Å². The molecule has 2 aliphatic heterocycles. The largest absolute Gasteiger partial charge is 0.360 e. The Hall–Kier alpha value is -1.13. The zero-order valence-electron chi connectivity index (χ0n) is 13.8. The van der Waals surface area contributed by atoms with Gasteiger partial charge in [-0.15, -0.1) is 0 Å². The van der Waals surface area contributed by atoms with Crippen molar-refractivity contribution in [3.63, 3.8) is 0 Å². The van der Waals surface area contributed by atoms with Crippen molar-refractivity contribution in [3.05, 3.63) is 35.4 Å². The number of fused-ring (bicyclic) bond motifs is 3. The highest BCUT2D eigenvalue weighted by molar-refractivity contribution is 7.80. The fourth-order valence-corrected chi connectivity index (χ4v) is 4.76. The first-order valence-corrected chi connectivity index (χ1v) is 9.59. The Kier molecular flexibility index (Phi) is 4.54. The number of rotatable bonds is 1. The summed E-state index contributed by atoms with van der Waals surface area (Å²) in [5, 5.41) is 4.63. The molecule has 3 nitrogen and oxygen atoms in total. The first-order chi connectivity index (χ1) is 11.3. The van der Waals surface area contributed by atoms with Crippen molar-refractivity contribution in [1.82, 2.24) is 15.1 Å². The lowest BCUT2D eigenvalue weighted by Crippen LogP contribution is -2.55. The van der Waals surface area contributed by atoms with E-state index in [2.05, 4.69) is 39.4 Å². The summed E-state index contributed by atoms with van der Waals surface area (Å²) in [5.74, 6) is 0. The lowest BCUT2D eigenvalue weighted by Gasteiger charge is -2.46. The average Bonchev–Trinajstić information content (AvgIpc) is 2.62. The van der Waals surface area contributed by atoms with Gasteiger partial charge in [-0.3, -0.25) is 4.90 Å². The highest BCUT2D eigenvalue weighted by Crippen LogP contribution is 2.32. The van der Waals surface area contributed by atoms with Gasteiger partial charge < -0.3 is 10.2 Å². The van der Waals surface area contributed by atoms with Crippen LogP contribution in [0.4, 0.5) is 0 Å². The van der Waals surface area contributed by atoms with Crippen molar-refractivity contribution >= 4 is 17.3 Å². The minimum atomic E-state index is 0.514. The van der Waals surface area contributed by atoms with E-state index >= 15 is 0 Å². The molecule has 23 heavy (non-hydrogen) atoms. The van der Waals surface area contributed by atoms with Crippen LogP contribution in [0.15, 0.2) is 24.3 Å². The van der Waals surface area contributed by atoms with Crippen molar-refractivity contribution in [2.45, 2.75) is 50.6 Å². The second kappa shape index (κ2) is 6.78. The molecule has 1 unspecified atom stereocenters. The predicted molar refractivity (Wildman–Crippen MR) is 98.6 cm³/mol. The van der Waals surface area contributed by atoms with Gasteiger partial charge in [-0.05, 0) is 42.6 Å². The van der Waals surface area contributed by atoms with Crippen molar-refractivity contribution < 1.29 is 0 Å². The molecule has 2 heterocycles. The molecule has 1 aromatic rings. The Morgan fingerprint density at radius 2 is 1.87 bits per heavy atom. The van der Waals surface area contributed by atoms with Crippen molar-refractivity contribution in [2.24, 2.45) is 0 Å². The molecule has 3 aliphatic rings. The van der Waals surface area contributed by atoms with E-state index in [4.69, 9.17) is 12.2 Å². The zero-order chi connectivity index (χ0) is 15.6. The molecular formula is C19H27N3S. The van der Waals surface area contributed by atoms with E-state index in [-0.39, 0.29) is 0 Å². The van der Waals surface area contributed by atoms with Crippen molar-refractivity contribution in [3.8, 4) is 0 Å². The van der Waals surface area contributed by atoms with E-state index in [9.17, 15) is 0 Å². The smallest absolute Gasteiger partial charge is 0.169 e. The average molecular weight is 330 g/mol. The van der Waals surface area contributed by atoms with Gasteiger partial charge in [0.1, 0.15) is 0 Å². The lowest BCUT2D eigenvalue weighted by molar-refractivity contribution is 0.103. The van der Waals surface area contributed by atoms with Crippen LogP contribution in [-0.4, -0.2) is 47.1 Å². The van der Waals surface area contributed by atoms with E-state index in [1.807, 2.05) is 0 Å². The van der Waals surface area contributed by atoms with E-state index < -0.39 is 0 Å². The first-order valence-electron chi connectivity index (χ1n) is 9.18. The van der Waals surface area contributed by atoms with Gasteiger partial charge in [0.25, 0.3) is 0 Å². The molecule has 0 radical (unpaired) electrons. The molecule has 0 spiro atoms. The van der Waals surface area contributed by atoms with Gasteiger partial charge in [-0.25, -0.2) is 0 Å². The van der Waals surface area contributed by atoms with Crippen LogP contribution in [0.1, 0.15) is 49.3 Å². The molecule has 1 saturated carbocycles. The number of thiocarbonyl (C=S) groups is 1. The van der Waals surface area contributed by atoms with Crippen LogP contribution in [0.25, 0.3) is 0 Å². The third-order valence-electron chi connectivity index (χ3n) is 5.79. The SMILES string of the molecule is S=C(NC1CCCCC1)N1CCN2CCc3ccccc3C2C1. The second-order valence-electron chi connectivity index (χ2n) is 7.23. The van der Waals surface area contributed by atoms with Crippen LogP contribution in [-0.2, 0) is 6.42 Å². The van der Waals surface area contributed by atoms with E-state index in [0.717, 1.165) is 24.7 Å². The number of hydrogen-bond donors (Lipinski definition) is 1. The van der Waals surface area contributed by atoms with Crippen molar-refractivity contribution in [2.75, 3.05) is 26.2 Å². The lowest BCUT2D eigenvalue weighted by atomic mass is 9.91. The van der Waals surface area contributed by atoms with Crippen LogP contribution in [0.2, 0.25) is 0 Å². The number of piperazine rings is 1. The van der Waals surface area contributed by atoms with E-state index in [0.29, 0.717) is 12.1 Å². The minimum Gasteiger partial charge on any atom is -0.360 e. The maximum absolute atomic E-state index is 5.74. The fraction of sp³-hybridized carbons (Fsp3) is 0.632. The number of hydrogen-bond acceptors (Lipinski definition) is 2. The fourth-order valence-electron chi connectivity index (χ4n) is 4.43. The predicted octanol–water partition coefficient (Wildman–Crippen LogP) is 3.11. The van der Waals surface area contributed by atoms with Gasteiger partial charge in [0.15, 0.2) is 5.11 Å². The molecule has 1 N–H and O–H groups in total. The Morgan fingerprint density at radius 1 is 1.04 bits per heavy atom. The first kappa shape index (κ1) is 15.4. The summed E-state index contributed by atoms with van der Waals surface area (Å²) in [7, 11) is 0. The van der Waals surface area contributed by atoms with Gasteiger partial charge in [0, 0.05) is 32.2 Å². The molecule has 1 atom stereocenters. The highest BCUT2D eigenvalue weighted by Gasteiger charge is 2.33. The summed E-state index contributed by atoms with van der Waals surface area (Å²) in [6, 6.07) is 10.1. The zero-order valence-corrected chi connectivity index (χ0v) is 14.7.